The summed E-state index contributed by atoms with van der Waals surface area (Å²) in [6.07, 6.45) is 4.88. The van der Waals surface area contributed by atoms with Crippen LogP contribution in [0.4, 0.5) is 0 Å². The minimum Gasteiger partial charge on any atom is -0.328 e. The SMILES string of the molecule is C[CH-]C(CC)CC. The van der Waals surface area contributed by atoms with Crippen molar-refractivity contribution in [2.45, 2.75) is 33.6 Å². The standard InChI is InChI=1S/C7H15/c1-4-7(5-2)6-3/h4,7H,5-6H2,1-3H3/q-1. The van der Waals surface area contributed by atoms with Crippen molar-refractivity contribution >= 4 is 0 Å². The van der Waals surface area contributed by atoms with E-state index in [1.807, 2.05) is 0 Å². The van der Waals surface area contributed by atoms with Gasteiger partial charge in [-0.05, 0) is 0 Å². The fourth-order valence-electron chi connectivity index (χ4n) is 0.760. The van der Waals surface area contributed by atoms with Crippen molar-refractivity contribution in [3.63, 3.8) is 0 Å². The van der Waals surface area contributed by atoms with E-state index in [-0.39, 0.29) is 0 Å². The van der Waals surface area contributed by atoms with E-state index in [0.717, 1.165) is 5.92 Å². The van der Waals surface area contributed by atoms with Gasteiger partial charge in [0.15, 0.2) is 0 Å². The Balaban J connectivity index is 2.99. The van der Waals surface area contributed by atoms with Crippen molar-refractivity contribution in [2.75, 3.05) is 0 Å². The summed E-state index contributed by atoms with van der Waals surface area (Å²) in [6, 6.07) is 0. The molecular formula is C7H15-. The van der Waals surface area contributed by atoms with Crippen LogP contribution in [0.3, 0.4) is 0 Å². The second-order valence-electron chi connectivity index (χ2n) is 1.91. The number of hydrogen-bond donors (Lipinski definition) is 0. The lowest BCUT2D eigenvalue weighted by molar-refractivity contribution is 0.566. The second-order valence-corrected chi connectivity index (χ2v) is 1.91. The zero-order chi connectivity index (χ0) is 5.70. The van der Waals surface area contributed by atoms with Crippen molar-refractivity contribution in [2.24, 2.45) is 5.92 Å². The molecule has 0 aliphatic carbocycles. The van der Waals surface area contributed by atoms with Crippen LogP contribution in [0.25, 0.3) is 0 Å². The third-order valence-electron chi connectivity index (χ3n) is 1.52. The summed E-state index contributed by atoms with van der Waals surface area (Å²) in [5.41, 5.74) is 0. The Bertz CT molecular complexity index is 21.5. The highest BCUT2D eigenvalue weighted by Crippen LogP contribution is 2.08. The third-order valence-corrected chi connectivity index (χ3v) is 1.52. The molecule has 0 saturated carbocycles. The highest BCUT2D eigenvalue weighted by molar-refractivity contribution is 4.66. The van der Waals surface area contributed by atoms with Crippen LogP contribution in [0, 0.1) is 12.3 Å². The molecule has 0 spiro atoms. The Morgan fingerprint density at radius 1 is 1.29 bits per heavy atom. The van der Waals surface area contributed by atoms with Crippen molar-refractivity contribution in [3.8, 4) is 0 Å². The lowest BCUT2D eigenvalue weighted by Crippen LogP contribution is -1.92. The predicted octanol–water partition coefficient (Wildman–Crippen LogP) is 2.65. The van der Waals surface area contributed by atoms with Crippen molar-refractivity contribution in [3.05, 3.63) is 6.42 Å². The van der Waals surface area contributed by atoms with Gasteiger partial charge in [-0.2, -0.15) is 12.8 Å². The normalized spacial score (nSPS) is 10.3. The summed E-state index contributed by atoms with van der Waals surface area (Å²) >= 11 is 0. The molecule has 0 radical (unpaired) electrons. The van der Waals surface area contributed by atoms with Gasteiger partial charge in [0.2, 0.25) is 0 Å². The fraction of sp³-hybridized carbons (Fsp3) is 0.857. The van der Waals surface area contributed by atoms with Crippen molar-refractivity contribution in [1.82, 2.24) is 0 Å². The molecule has 7 heavy (non-hydrogen) atoms. The molecule has 0 aromatic carbocycles. The van der Waals surface area contributed by atoms with Gasteiger partial charge in [0.1, 0.15) is 0 Å². The summed E-state index contributed by atoms with van der Waals surface area (Å²) in [5, 5.41) is 0. The molecule has 0 heteroatoms. The molecule has 0 aromatic rings. The lowest BCUT2D eigenvalue weighted by atomic mass is 10.0. The first kappa shape index (κ1) is 7.00. The van der Waals surface area contributed by atoms with Crippen molar-refractivity contribution in [1.29, 1.82) is 0 Å². The Morgan fingerprint density at radius 2 is 1.71 bits per heavy atom. The van der Waals surface area contributed by atoms with Crippen molar-refractivity contribution < 1.29 is 0 Å². The lowest BCUT2D eigenvalue weighted by Gasteiger charge is -2.16. The van der Waals surface area contributed by atoms with Gasteiger partial charge in [-0.1, -0.05) is 26.7 Å². The van der Waals surface area contributed by atoms with Crippen LogP contribution in [-0.2, 0) is 0 Å². The molecule has 0 fully saturated rings. The molecule has 0 unspecified atom stereocenters. The molecule has 0 atom stereocenters. The van der Waals surface area contributed by atoms with E-state index in [4.69, 9.17) is 0 Å². The Labute approximate surface area is 46.9 Å². The van der Waals surface area contributed by atoms with Gasteiger partial charge in [0, 0.05) is 0 Å². The number of hydrogen-bond acceptors (Lipinski definition) is 0. The number of rotatable bonds is 3. The molecule has 0 aliphatic rings. The highest BCUT2D eigenvalue weighted by Gasteiger charge is 1.85. The zero-order valence-electron chi connectivity index (χ0n) is 5.57. The largest absolute Gasteiger partial charge is 0.328 e. The minimum absolute atomic E-state index is 0.861. The molecule has 0 nitrogen and oxygen atoms in total. The summed E-state index contributed by atoms with van der Waals surface area (Å²) in [5.74, 6) is 0.861. The molecule has 0 bridgehead atoms. The Morgan fingerprint density at radius 3 is 1.71 bits per heavy atom. The average molecular weight is 99.2 g/mol. The van der Waals surface area contributed by atoms with Gasteiger partial charge >= 0.3 is 0 Å². The van der Waals surface area contributed by atoms with Gasteiger partial charge in [-0.3, -0.25) is 0 Å². The van der Waals surface area contributed by atoms with E-state index < -0.39 is 0 Å². The van der Waals surface area contributed by atoms with Crippen LogP contribution in [0.1, 0.15) is 33.6 Å². The van der Waals surface area contributed by atoms with Gasteiger partial charge in [-0.15, -0.1) is 0 Å². The maximum absolute atomic E-state index is 2.28. The Hall–Kier alpha value is 0. The maximum Gasteiger partial charge on any atom is -0.0676 e. The van der Waals surface area contributed by atoms with Gasteiger partial charge in [0.25, 0.3) is 0 Å². The molecule has 0 N–H and O–H groups in total. The van der Waals surface area contributed by atoms with E-state index in [0.29, 0.717) is 0 Å². The first-order valence-electron chi connectivity index (χ1n) is 3.14. The molecule has 0 amide bonds. The van der Waals surface area contributed by atoms with Gasteiger partial charge in [0.05, 0.1) is 0 Å². The minimum atomic E-state index is 0.861. The monoisotopic (exact) mass is 99.1 g/mol. The molecule has 0 rings (SSSR count). The summed E-state index contributed by atoms with van der Waals surface area (Å²) < 4.78 is 0. The fourth-order valence-corrected chi connectivity index (χ4v) is 0.760. The molecular weight excluding hydrogens is 84.1 g/mol. The topological polar surface area (TPSA) is 0 Å². The van der Waals surface area contributed by atoms with Crippen LogP contribution < -0.4 is 0 Å². The molecule has 0 aromatic heterocycles. The van der Waals surface area contributed by atoms with E-state index in [2.05, 4.69) is 27.2 Å². The van der Waals surface area contributed by atoms with Crippen LogP contribution in [0.2, 0.25) is 0 Å². The molecule has 0 saturated heterocycles. The van der Waals surface area contributed by atoms with E-state index >= 15 is 0 Å². The molecule has 0 heterocycles. The highest BCUT2D eigenvalue weighted by atomic mass is 14.0. The molecule has 0 aliphatic heterocycles. The van der Waals surface area contributed by atoms with Crippen LogP contribution in [0.15, 0.2) is 0 Å². The summed E-state index contributed by atoms with van der Waals surface area (Å²) in [4.78, 5) is 0. The van der Waals surface area contributed by atoms with Crippen LogP contribution in [0.5, 0.6) is 0 Å². The summed E-state index contributed by atoms with van der Waals surface area (Å²) in [6.45, 7) is 6.60. The smallest absolute Gasteiger partial charge is 0.0676 e. The quantitative estimate of drug-likeness (QED) is 0.477. The van der Waals surface area contributed by atoms with Gasteiger partial charge < -0.3 is 6.42 Å². The van der Waals surface area contributed by atoms with Gasteiger partial charge in [-0.25, -0.2) is 0 Å². The van der Waals surface area contributed by atoms with E-state index in [1.54, 1.807) is 0 Å². The summed E-state index contributed by atoms with van der Waals surface area (Å²) in [7, 11) is 0. The predicted molar refractivity (Wildman–Crippen MR) is 34.0 cm³/mol. The van der Waals surface area contributed by atoms with Crippen LogP contribution in [-0.4, -0.2) is 0 Å². The maximum atomic E-state index is 2.28. The zero-order valence-corrected chi connectivity index (χ0v) is 5.57. The molecule has 44 valence electrons. The first-order chi connectivity index (χ1) is 3.35. The average Bonchev–Trinajstić information content (AvgIpc) is 1.72. The van der Waals surface area contributed by atoms with E-state index in [1.165, 1.54) is 12.8 Å². The van der Waals surface area contributed by atoms with E-state index in [9.17, 15) is 0 Å². The third kappa shape index (κ3) is 2.67. The second kappa shape index (κ2) is 4.17. The Kier molecular flexibility index (Phi) is 4.17. The van der Waals surface area contributed by atoms with Crippen LogP contribution >= 0.6 is 0 Å². The first-order valence-corrected chi connectivity index (χ1v) is 3.14.